The van der Waals surface area contributed by atoms with Crippen LogP contribution in [0, 0.1) is 0 Å². The summed E-state index contributed by atoms with van der Waals surface area (Å²) in [7, 11) is 3.92. The van der Waals surface area contributed by atoms with Gasteiger partial charge in [-0.15, -0.1) is 0 Å². The van der Waals surface area contributed by atoms with Crippen LogP contribution in [-0.2, 0) is 0 Å². The zero-order valence-electron chi connectivity index (χ0n) is 12.5. The first-order valence-electron chi connectivity index (χ1n) is 7.14. The number of aromatic nitrogens is 3. The van der Waals surface area contributed by atoms with Crippen LogP contribution in [0.5, 0.6) is 11.5 Å². The van der Waals surface area contributed by atoms with Crippen LogP contribution in [-0.4, -0.2) is 41.7 Å². The Bertz CT molecular complexity index is 841. The molecule has 0 radical (unpaired) electrons. The monoisotopic (exact) mass is 296 g/mol. The minimum Gasteiger partial charge on any atom is -0.486 e. The van der Waals surface area contributed by atoms with E-state index < -0.39 is 0 Å². The second kappa shape index (κ2) is 4.91. The first-order valence-corrected chi connectivity index (χ1v) is 7.14. The molecule has 1 aliphatic heterocycles. The van der Waals surface area contributed by atoms with Crippen molar-refractivity contribution in [1.82, 2.24) is 14.4 Å². The van der Waals surface area contributed by atoms with Crippen molar-refractivity contribution < 1.29 is 9.47 Å². The van der Waals surface area contributed by atoms with Gasteiger partial charge in [-0.2, -0.15) is 4.98 Å². The molecule has 0 fully saturated rings. The van der Waals surface area contributed by atoms with E-state index in [-0.39, 0.29) is 0 Å². The SMILES string of the molecule is CN(C)c1ccn2cc(-c3ccc4c(c3)OCCO4)nc2n1. The van der Waals surface area contributed by atoms with E-state index in [0.717, 1.165) is 28.6 Å². The first kappa shape index (κ1) is 12.9. The zero-order valence-corrected chi connectivity index (χ0v) is 12.5. The quantitative estimate of drug-likeness (QED) is 0.726. The summed E-state index contributed by atoms with van der Waals surface area (Å²) in [5.41, 5.74) is 1.85. The molecule has 0 unspecified atom stereocenters. The number of benzene rings is 1. The molecule has 0 saturated heterocycles. The smallest absolute Gasteiger partial charge is 0.236 e. The molecule has 112 valence electrons. The number of nitrogens with zero attached hydrogens (tertiary/aromatic N) is 4. The highest BCUT2D eigenvalue weighted by atomic mass is 16.6. The van der Waals surface area contributed by atoms with Gasteiger partial charge in [0.1, 0.15) is 19.0 Å². The summed E-state index contributed by atoms with van der Waals surface area (Å²) in [5.74, 6) is 3.11. The van der Waals surface area contributed by atoms with Gasteiger partial charge in [-0.25, -0.2) is 4.98 Å². The van der Waals surface area contributed by atoms with Crippen molar-refractivity contribution in [3.05, 3.63) is 36.7 Å². The standard InChI is InChI=1S/C16H16N4O2/c1-19(2)15-5-6-20-10-12(17-16(20)18-15)11-3-4-13-14(9-11)22-8-7-21-13/h3-6,9-10H,7-8H2,1-2H3. The Balaban J connectivity index is 1.77. The molecule has 22 heavy (non-hydrogen) atoms. The molecule has 1 aliphatic rings. The van der Waals surface area contributed by atoms with Crippen molar-refractivity contribution in [3.63, 3.8) is 0 Å². The van der Waals surface area contributed by atoms with E-state index in [2.05, 4.69) is 9.97 Å². The average molecular weight is 296 g/mol. The lowest BCUT2D eigenvalue weighted by Gasteiger charge is -2.18. The topological polar surface area (TPSA) is 51.9 Å². The second-order valence-corrected chi connectivity index (χ2v) is 5.37. The number of hydrogen-bond acceptors (Lipinski definition) is 5. The van der Waals surface area contributed by atoms with E-state index in [4.69, 9.17) is 9.47 Å². The summed E-state index contributed by atoms with van der Waals surface area (Å²) in [6, 6.07) is 7.83. The van der Waals surface area contributed by atoms with E-state index in [9.17, 15) is 0 Å². The first-order chi connectivity index (χ1) is 10.7. The molecule has 1 aromatic carbocycles. The van der Waals surface area contributed by atoms with Gasteiger partial charge in [0.25, 0.3) is 0 Å². The van der Waals surface area contributed by atoms with Gasteiger partial charge in [0, 0.05) is 32.1 Å². The lowest BCUT2D eigenvalue weighted by molar-refractivity contribution is 0.171. The average Bonchev–Trinajstić information content (AvgIpc) is 2.97. The summed E-state index contributed by atoms with van der Waals surface area (Å²) in [4.78, 5) is 11.1. The number of ether oxygens (including phenoxy) is 2. The van der Waals surface area contributed by atoms with Crippen molar-refractivity contribution in [1.29, 1.82) is 0 Å². The highest BCUT2D eigenvalue weighted by Crippen LogP contribution is 2.34. The Hall–Kier alpha value is -2.76. The molecule has 0 saturated carbocycles. The molecule has 0 aliphatic carbocycles. The highest BCUT2D eigenvalue weighted by molar-refractivity contribution is 5.66. The molecule has 0 bridgehead atoms. The Morgan fingerprint density at radius 2 is 1.86 bits per heavy atom. The van der Waals surface area contributed by atoms with Crippen molar-refractivity contribution >= 4 is 11.6 Å². The molecule has 6 heteroatoms. The lowest BCUT2D eigenvalue weighted by Crippen LogP contribution is -2.15. The van der Waals surface area contributed by atoms with Gasteiger partial charge in [-0.1, -0.05) is 0 Å². The van der Waals surface area contributed by atoms with Crippen LogP contribution in [0.25, 0.3) is 17.0 Å². The molecule has 0 amide bonds. The summed E-state index contributed by atoms with van der Waals surface area (Å²) in [6.45, 7) is 1.17. The van der Waals surface area contributed by atoms with Gasteiger partial charge < -0.3 is 14.4 Å². The number of imidazole rings is 1. The van der Waals surface area contributed by atoms with Gasteiger partial charge >= 0.3 is 0 Å². The highest BCUT2D eigenvalue weighted by Gasteiger charge is 2.14. The molecule has 0 N–H and O–H groups in total. The molecule has 3 heterocycles. The summed E-state index contributed by atoms with van der Waals surface area (Å²) < 4.78 is 13.1. The van der Waals surface area contributed by atoms with Gasteiger partial charge in [0.05, 0.1) is 5.69 Å². The maximum atomic E-state index is 5.63. The van der Waals surface area contributed by atoms with E-state index in [1.54, 1.807) is 0 Å². The number of hydrogen-bond donors (Lipinski definition) is 0. The Kier molecular flexibility index (Phi) is 2.89. The molecule has 6 nitrogen and oxygen atoms in total. The van der Waals surface area contributed by atoms with E-state index in [1.165, 1.54) is 0 Å². The molecule has 2 aromatic heterocycles. The molecule has 0 spiro atoms. The summed E-state index contributed by atoms with van der Waals surface area (Å²) in [6.07, 6.45) is 3.93. The third kappa shape index (κ3) is 2.13. The molecule has 3 aromatic rings. The number of rotatable bonds is 2. The Labute approximate surface area is 127 Å². The van der Waals surface area contributed by atoms with Crippen molar-refractivity contribution in [2.45, 2.75) is 0 Å². The molecular weight excluding hydrogens is 280 g/mol. The fraction of sp³-hybridized carbons (Fsp3) is 0.250. The predicted molar refractivity (Wildman–Crippen MR) is 83.7 cm³/mol. The number of anilines is 1. The van der Waals surface area contributed by atoms with Crippen molar-refractivity contribution in [2.24, 2.45) is 0 Å². The van der Waals surface area contributed by atoms with Gasteiger partial charge in [-0.05, 0) is 24.3 Å². The Morgan fingerprint density at radius 3 is 2.68 bits per heavy atom. The fourth-order valence-electron chi connectivity index (χ4n) is 2.45. The van der Waals surface area contributed by atoms with Crippen LogP contribution in [0.15, 0.2) is 36.7 Å². The van der Waals surface area contributed by atoms with Crippen LogP contribution < -0.4 is 14.4 Å². The van der Waals surface area contributed by atoms with Gasteiger partial charge in [0.2, 0.25) is 5.78 Å². The molecule has 4 rings (SSSR count). The normalized spacial score (nSPS) is 13.4. The minimum absolute atomic E-state index is 0.579. The second-order valence-electron chi connectivity index (χ2n) is 5.37. The van der Waals surface area contributed by atoms with Gasteiger partial charge in [-0.3, -0.25) is 4.40 Å². The predicted octanol–water partition coefficient (Wildman–Crippen LogP) is 2.23. The summed E-state index contributed by atoms with van der Waals surface area (Å²) >= 11 is 0. The zero-order chi connectivity index (χ0) is 15.1. The maximum Gasteiger partial charge on any atom is 0.236 e. The third-order valence-electron chi connectivity index (χ3n) is 3.61. The van der Waals surface area contributed by atoms with Crippen LogP contribution in [0.2, 0.25) is 0 Å². The van der Waals surface area contributed by atoms with Crippen LogP contribution >= 0.6 is 0 Å². The number of fused-ring (bicyclic) bond motifs is 2. The minimum atomic E-state index is 0.579. The molecule has 0 atom stereocenters. The Morgan fingerprint density at radius 1 is 1.05 bits per heavy atom. The van der Waals surface area contributed by atoms with E-state index in [0.29, 0.717) is 19.0 Å². The largest absolute Gasteiger partial charge is 0.486 e. The van der Waals surface area contributed by atoms with Gasteiger partial charge in [0.15, 0.2) is 11.5 Å². The third-order valence-corrected chi connectivity index (χ3v) is 3.61. The van der Waals surface area contributed by atoms with E-state index in [1.807, 2.05) is 60.1 Å². The van der Waals surface area contributed by atoms with Crippen molar-refractivity contribution in [2.75, 3.05) is 32.2 Å². The van der Waals surface area contributed by atoms with Crippen LogP contribution in [0.3, 0.4) is 0 Å². The summed E-state index contributed by atoms with van der Waals surface area (Å²) in [5, 5.41) is 0. The molecular formula is C16H16N4O2. The fourth-order valence-corrected chi connectivity index (χ4v) is 2.45. The van der Waals surface area contributed by atoms with E-state index >= 15 is 0 Å². The van der Waals surface area contributed by atoms with Crippen LogP contribution in [0.4, 0.5) is 5.82 Å². The van der Waals surface area contributed by atoms with Crippen LogP contribution in [0.1, 0.15) is 0 Å². The lowest BCUT2D eigenvalue weighted by atomic mass is 10.1. The van der Waals surface area contributed by atoms with Crippen molar-refractivity contribution in [3.8, 4) is 22.8 Å². The maximum absolute atomic E-state index is 5.63.